The summed E-state index contributed by atoms with van der Waals surface area (Å²) in [6.45, 7) is 3.67. The first-order valence-corrected chi connectivity index (χ1v) is 9.82. The SMILES string of the molecule is CCOC(=O)C1=C(C)N=c2s/c(=C/c3ccoc3)c(=O)n2[C@@H]1c1ccc(O)cc1. The molecule has 4 rings (SSSR count). The summed E-state index contributed by atoms with van der Waals surface area (Å²) in [5, 5.41) is 9.66. The summed E-state index contributed by atoms with van der Waals surface area (Å²) in [7, 11) is 0. The van der Waals surface area contributed by atoms with Gasteiger partial charge < -0.3 is 14.3 Å². The van der Waals surface area contributed by atoms with Crippen LogP contribution in [0.2, 0.25) is 0 Å². The summed E-state index contributed by atoms with van der Waals surface area (Å²) in [4.78, 5) is 31.0. The van der Waals surface area contributed by atoms with Crippen LogP contribution in [-0.2, 0) is 9.53 Å². The van der Waals surface area contributed by atoms with Gasteiger partial charge in [0.1, 0.15) is 5.75 Å². The van der Waals surface area contributed by atoms with E-state index < -0.39 is 12.0 Å². The van der Waals surface area contributed by atoms with E-state index >= 15 is 0 Å². The highest BCUT2D eigenvalue weighted by Crippen LogP contribution is 2.31. The van der Waals surface area contributed by atoms with Crippen LogP contribution in [-0.4, -0.2) is 22.2 Å². The lowest BCUT2D eigenvalue weighted by Crippen LogP contribution is -2.39. The maximum absolute atomic E-state index is 13.3. The van der Waals surface area contributed by atoms with Gasteiger partial charge in [0.15, 0.2) is 4.80 Å². The van der Waals surface area contributed by atoms with E-state index in [1.165, 1.54) is 34.3 Å². The van der Waals surface area contributed by atoms with Crippen molar-refractivity contribution >= 4 is 23.4 Å². The van der Waals surface area contributed by atoms with Crippen molar-refractivity contribution in [2.75, 3.05) is 6.61 Å². The van der Waals surface area contributed by atoms with E-state index in [1.807, 2.05) is 0 Å². The second kappa shape index (κ2) is 7.56. The predicted octanol–water partition coefficient (Wildman–Crippen LogP) is 2.10. The number of rotatable bonds is 4. The van der Waals surface area contributed by atoms with Gasteiger partial charge >= 0.3 is 5.97 Å². The van der Waals surface area contributed by atoms with Gasteiger partial charge in [-0.25, -0.2) is 9.79 Å². The van der Waals surface area contributed by atoms with Gasteiger partial charge in [-0.2, -0.15) is 0 Å². The number of fused-ring (bicyclic) bond motifs is 1. The summed E-state index contributed by atoms with van der Waals surface area (Å²) in [5.74, 6) is -0.421. The minimum absolute atomic E-state index is 0.0968. The Labute approximate surface area is 169 Å². The number of thiazole rings is 1. The zero-order valence-corrected chi connectivity index (χ0v) is 16.6. The second-order valence-corrected chi connectivity index (χ2v) is 7.46. The molecular weight excluding hydrogens is 392 g/mol. The van der Waals surface area contributed by atoms with Crippen molar-refractivity contribution in [3.05, 3.63) is 84.9 Å². The molecule has 3 aromatic rings. The Hall–Kier alpha value is -3.39. The number of esters is 1. The van der Waals surface area contributed by atoms with Crippen LogP contribution < -0.4 is 14.9 Å². The molecule has 0 bridgehead atoms. The van der Waals surface area contributed by atoms with Gasteiger partial charge in [-0.15, -0.1) is 0 Å². The molecule has 7 nitrogen and oxygen atoms in total. The first-order valence-electron chi connectivity index (χ1n) is 9.00. The Bertz CT molecular complexity index is 1260. The van der Waals surface area contributed by atoms with Crippen molar-refractivity contribution in [3.63, 3.8) is 0 Å². The molecule has 1 aromatic carbocycles. The summed E-state index contributed by atoms with van der Waals surface area (Å²) < 4.78 is 12.3. The van der Waals surface area contributed by atoms with E-state index in [4.69, 9.17) is 9.15 Å². The maximum Gasteiger partial charge on any atom is 0.338 e. The quantitative estimate of drug-likeness (QED) is 0.665. The fourth-order valence-corrected chi connectivity index (χ4v) is 4.32. The Balaban J connectivity index is 1.97. The molecule has 0 aliphatic carbocycles. The molecule has 0 unspecified atom stereocenters. The topological polar surface area (TPSA) is 94.0 Å². The third-order valence-electron chi connectivity index (χ3n) is 4.57. The lowest BCUT2D eigenvalue weighted by molar-refractivity contribution is -0.139. The van der Waals surface area contributed by atoms with Gasteiger partial charge in [-0.3, -0.25) is 9.36 Å². The van der Waals surface area contributed by atoms with Crippen molar-refractivity contribution in [3.8, 4) is 5.75 Å². The zero-order chi connectivity index (χ0) is 20.5. The number of aromatic nitrogens is 1. The Morgan fingerprint density at radius 3 is 2.76 bits per heavy atom. The number of phenolic OH excluding ortho intramolecular Hbond substituents is 1. The van der Waals surface area contributed by atoms with Crippen LogP contribution in [0.4, 0.5) is 0 Å². The van der Waals surface area contributed by atoms with Crippen molar-refractivity contribution in [2.45, 2.75) is 19.9 Å². The number of carbonyl (C=O) groups excluding carboxylic acids is 1. The van der Waals surface area contributed by atoms with Crippen LogP contribution in [0.5, 0.6) is 5.75 Å². The molecule has 1 N–H and O–H groups in total. The van der Waals surface area contributed by atoms with Gasteiger partial charge in [0.05, 0.1) is 41.0 Å². The van der Waals surface area contributed by atoms with E-state index in [2.05, 4.69) is 4.99 Å². The van der Waals surface area contributed by atoms with Gasteiger partial charge in [-0.05, 0) is 43.7 Å². The lowest BCUT2D eigenvalue weighted by atomic mass is 9.96. The Morgan fingerprint density at radius 1 is 1.34 bits per heavy atom. The fraction of sp³-hybridized carbons (Fsp3) is 0.190. The van der Waals surface area contributed by atoms with Crippen molar-refractivity contribution in [2.24, 2.45) is 4.99 Å². The molecule has 0 radical (unpaired) electrons. The van der Waals surface area contributed by atoms with Crippen LogP contribution in [0.3, 0.4) is 0 Å². The highest BCUT2D eigenvalue weighted by atomic mass is 32.1. The molecule has 8 heteroatoms. The molecule has 3 heterocycles. The van der Waals surface area contributed by atoms with Crippen molar-refractivity contribution < 1.29 is 19.1 Å². The molecule has 0 fully saturated rings. The number of hydrogen-bond acceptors (Lipinski definition) is 7. The first-order chi connectivity index (χ1) is 14.0. The molecule has 1 aliphatic rings. The number of benzene rings is 1. The van der Waals surface area contributed by atoms with Crippen LogP contribution in [0.1, 0.15) is 31.0 Å². The van der Waals surface area contributed by atoms with Gasteiger partial charge in [0.2, 0.25) is 0 Å². The highest BCUT2D eigenvalue weighted by Gasteiger charge is 2.33. The second-order valence-electron chi connectivity index (χ2n) is 6.45. The number of hydrogen-bond donors (Lipinski definition) is 1. The molecule has 148 valence electrons. The molecule has 1 aliphatic heterocycles. The molecule has 0 amide bonds. The molecule has 0 saturated carbocycles. The molecule has 1 atom stereocenters. The summed E-state index contributed by atoms with van der Waals surface area (Å²) in [6, 6.07) is 7.47. The summed E-state index contributed by atoms with van der Waals surface area (Å²) in [6.07, 6.45) is 4.81. The van der Waals surface area contributed by atoms with Gasteiger partial charge in [0.25, 0.3) is 5.56 Å². The van der Waals surface area contributed by atoms with Crippen molar-refractivity contribution in [1.82, 2.24) is 4.57 Å². The smallest absolute Gasteiger partial charge is 0.338 e. The van der Waals surface area contributed by atoms with Crippen molar-refractivity contribution in [1.29, 1.82) is 0 Å². The van der Waals surface area contributed by atoms with Crippen LogP contribution in [0, 0.1) is 0 Å². The summed E-state index contributed by atoms with van der Waals surface area (Å²) >= 11 is 1.24. The zero-order valence-electron chi connectivity index (χ0n) is 15.8. The van der Waals surface area contributed by atoms with Crippen LogP contribution >= 0.6 is 11.3 Å². The third kappa shape index (κ3) is 3.42. The largest absolute Gasteiger partial charge is 0.508 e. The molecule has 29 heavy (non-hydrogen) atoms. The summed E-state index contributed by atoms with van der Waals surface area (Å²) in [5.41, 5.74) is 1.98. The Morgan fingerprint density at radius 2 is 2.10 bits per heavy atom. The first kappa shape index (κ1) is 18.9. The van der Waals surface area contributed by atoms with E-state index in [0.29, 0.717) is 26.2 Å². The number of phenols is 1. The number of ether oxygens (including phenoxy) is 1. The minimum atomic E-state index is -0.697. The Kier molecular flexibility index (Phi) is 4.94. The van der Waals surface area contributed by atoms with E-state index in [1.54, 1.807) is 44.4 Å². The number of furan rings is 1. The minimum Gasteiger partial charge on any atom is -0.508 e. The number of nitrogens with zero attached hydrogens (tertiary/aromatic N) is 2. The average Bonchev–Trinajstić information content (AvgIpc) is 3.30. The molecule has 2 aromatic heterocycles. The van der Waals surface area contributed by atoms with Gasteiger partial charge in [-0.1, -0.05) is 23.5 Å². The van der Waals surface area contributed by atoms with E-state index in [-0.39, 0.29) is 17.9 Å². The average molecular weight is 410 g/mol. The van der Waals surface area contributed by atoms with E-state index in [0.717, 1.165) is 5.56 Å². The third-order valence-corrected chi connectivity index (χ3v) is 5.55. The standard InChI is InChI=1S/C21H18N2O5S/c1-3-28-20(26)17-12(2)22-21-23(18(17)14-4-6-15(24)7-5-14)19(25)16(29-21)10-13-8-9-27-11-13/h4-11,18,24H,3H2,1-2H3/b16-10+/t18-/m1/s1. The van der Waals surface area contributed by atoms with E-state index in [9.17, 15) is 14.7 Å². The lowest BCUT2D eigenvalue weighted by Gasteiger charge is -2.24. The highest BCUT2D eigenvalue weighted by molar-refractivity contribution is 7.07. The van der Waals surface area contributed by atoms with Gasteiger partial charge in [0, 0.05) is 5.56 Å². The molecule has 0 spiro atoms. The van der Waals surface area contributed by atoms with Crippen LogP contribution in [0.25, 0.3) is 6.08 Å². The maximum atomic E-state index is 13.3. The molecular formula is C21H18N2O5S. The monoisotopic (exact) mass is 410 g/mol. The number of carbonyl (C=O) groups is 1. The number of allylic oxidation sites excluding steroid dienone is 1. The predicted molar refractivity (Wildman–Crippen MR) is 107 cm³/mol. The van der Waals surface area contributed by atoms with Crippen LogP contribution in [0.15, 0.2) is 68.3 Å². The normalized spacial score (nSPS) is 16.5. The number of aromatic hydroxyl groups is 1. The fourth-order valence-electron chi connectivity index (χ4n) is 3.27. The molecule has 0 saturated heterocycles.